The Hall–Kier alpha value is -3.18. The number of amides is 1. The van der Waals surface area contributed by atoms with Crippen LogP contribution in [0.3, 0.4) is 0 Å². The van der Waals surface area contributed by atoms with Crippen molar-refractivity contribution in [2.75, 3.05) is 12.4 Å². The molecule has 0 spiro atoms. The molecule has 1 N–H and O–H groups in total. The molecule has 1 fully saturated rings. The normalized spacial score (nSPS) is 18.0. The lowest BCUT2D eigenvalue weighted by molar-refractivity contribution is 0.0483. The summed E-state index contributed by atoms with van der Waals surface area (Å²) in [5.74, 6) is 0.725. The molecule has 2 heterocycles. The number of hydrogen-bond acceptors (Lipinski definition) is 8. The number of nitrogens with one attached hydrogen (secondary N) is 1. The molecule has 0 atom stereocenters. The van der Waals surface area contributed by atoms with Crippen LogP contribution in [0.25, 0.3) is 16.9 Å². The van der Waals surface area contributed by atoms with E-state index < -0.39 is 15.4 Å². The first-order chi connectivity index (χ1) is 18.4. The van der Waals surface area contributed by atoms with Gasteiger partial charge in [0, 0.05) is 17.8 Å². The van der Waals surface area contributed by atoms with E-state index in [0.717, 1.165) is 25.7 Å². The Bertz CT molecular complexity index is 1390. The molecule has 0 unspecified atom stereocenters. The zero-order valence-corrected chi connectivity index (χ0v) is 24.1. The number of hydrogen-bond donors (Lipinski definition) is 1. The standard InChI is InChI=1S/C27H34ClN5O5S/c1-5-39(35,36)22-12-10-21(11-13-22)33-15-19(14-31-33)23-24(25(28)30-17-29-23)37-16-18-6-8-20(9-7-18)32-26(34)38-27(2,3)4/h10-15,17-18,20H,5-9,16H2,1-4H3,(H,32,34). The Morgan fingerprint density at radius 3 is 2.46 bits per heavy atom. The summed E-state index contributed by atoms with van der Waals surface area (Å²) in [5, 5.41) is 7.58. The molecule has 0 aliphatic heterocycles. The first kappa shape index (κ1) is 28.8. The number of carbonyl (C=O) groups is 1. The average molecular weight is 576 g/mol. The third-order valence-corrected chi connectivity index (χ3v) is 8.51. The summed E-state index contributed by atoms with van der Waals surface area (Å²) in [6.07, 6.45) is 7.88. The van der Waals surface area contributed by atoms with Gasteiger partial charge in [0.15, 0.2) is 20.7 Å². The highest BCUT2D eigenvalue weighted by Crippen LogP contribution is 2.34. The molecule has 39 heavy (non-hydrogen) atoms. The van der Waals surface area contributed by atoms with Gasteiger partial charge in [-0.2, -0.15) is 5.10 Å². The minimum Gasteiger partial charge on any atom is -0.488 e. The molecule has 1 aromatic carbocycles. The van der Waals surface area contributed by atoms with Crippen molar-refractivity contribution in [3.63, 3.8) is 0 Å². The maximum absolute atomic E-state index is 12.1. The van der Waals surface area contributed by atoms with E-state index in [0.29, 0.717) is 35.2 Å². The number of sulfone groups is 1. The summed E-state index contributed by atoms with van der Waals surface area (Å²) >= 11 is 6.41. The summed E-state index contributed by atoms with van der Waals surface area (Å²) < 4.78 is 37.4. The van der Waals surface area contributed by atoms with Gasteiger partial charge >= 0.3 is 6.09 Å². The second-order valence-electron chi connectivity index (χ2n) is 10.6. The number of rotatable bonds is 8. The van der Waals surface area contributed by atoms with E-state index in [1.807, 2.05) is 20.8 Å². The molecule has 4 rings (SSSR count). The molecule has 0 radical (unpaired) electrons. The van der Waals surface area contributed by atoms with E-state index in [-0.39, 0.29) is 27.9 Å². The first-order valence-corrected chi connectivity index (χ1v) is 15.0. The van der Waals surface area contributed by atoms with Crippen LogP contribution in [0.2, 0.25) is 5.15 Å². The quantitative estimate of drug-likeness (QED) is 0.361. The molecule has 0 bridgehead atoms. The van der Waals surface area contributed by atoms with Crippen molar-refractivity contribution in [1.29, 1.82) is 0 Å². The van der Waals surface area contributed by atoms with Gasteiger partial charge in [-0.1, -0.05) is 18.5 Å². The molecule has 210 valence electrons. The van der Waals surface area contributed by atoms with Gasteiger partial charge in [-0.25, -0.2) is 27.9 Å². The van der Waals surface area contributed by atoms with Crippen LogP contribution in [0.4, 0.5) is 4.79 Å². The number of aromatic nitrogens is 4. The number of nitrogens with zero attached hydrogens (tertiary/aromatic N) is 4. The summed E-state index contributed by atoms with van der Waals surface area (Å²) in [6.45, 7) is 7.60. The summed E-state index contributed by atoms with van der Waals surface area (Å²) in [4.78, 5) is 20.8. The second-order valence-corrected chi connectivity index (χ2v) is 13.2. The Morgan fingerprint density at radius 1 is 1.13 bits per heavy atom. The van der Waals surface area contributed by atoms with E-state index in [1.54, 1.807) is 48.3 Å². The van der Waals surface area contributed by atoms with Gasteiger partial charge in [0.1, 0.15) is 17.6 Å². The Kier molecular flexibility index (Phi) is 8.80. The summed E-state index contributed by atoms with van der Waals surface area (Å²) in [6, 6.07) is 6.64. The average Bonchev–Trinajstić information content (AvgIpc) is 3.38. The molecule has 1 aliphatic rings. The van der Waals surface area contributed by atoms with Crippen LogP contribution in [0, 0.1) is 5.92 Å². The van der Waals surface area contributed by atoms with Crippen LogP contribution in [-0.4, -0.2) is 58.3 Å². The third-order valence-electron chi connectivity index (χ3n) is 6.49. The number of alkyl carbamates (subject to hydrolysis) is 1. The highest BCUT2D eigenvalue weighted by molar-refractivity contribution is 7.91. The Morgan fingerprint density at radius 2 is 1.82 bits per heavy atom. The fourth-order valence-corrected chi connectivity index (χ4v) is 5.47. The predicted octanol–water partition coefficient (Wildman–Crippen LogP) is 5.24. The molecule has 2 aromatic heterocycles. The highest BCUT2D eigenvalue weighted by Gasteiger charge is 2.26. The molecule has 12 heteroatoms. The highest BCUT2D eigenvalue weighted by atomic mass is 35.5. The van der Waals surface area contributed by atoms with Crippen molar-refractivity contribution in [1.82, 2.24) is 25.1 Å². The van der Waals surface area contributed by atoms with Crippen LogP contribution in [-0.2, 0) is 14.6 Å². The van der Waals surface area contributed by atoms with Crippen LogP contribution in [0.15, 0.2) is 47.9 Å². The van der Waals surface area contributed by atoms with Crippen molar-refractivity contribution >= 4 is 27.5 Å². The van der Waals surface area contributed by atoms with Gasteiger partial charge < -0.3 is 14.8 Å². The van der Waals surface area contributed by atoms with Gasteiger partial charge in [-0.15, -0.1) is 0 Å². The zero-order valence-electron chi connectivity index (χ0n) is 22.6. The van der Waals surface area contributed by atoms with Crippen LogP contribution in [0.5, 0.6) is 5.75 Å². The largest absolute Gasteiger partial charge is 0.488 e. The molecule has 3 aromatic rings. The van der Waals surface area contributed by atoms with Gasteiger partial charge in [0.25, 0.3) is 0 Å². The smallest absolute Gasteiger partial charge is 0.407 e. The predicted molar refractivity (Wildman–Crippen MR) is 148 cm³/mol. The molecule has 10 nitrogen and oxygen atoms in total. The van der Waals surface area contributed by atoms with Crippen LogP contribution >= 0.6 is 11.6 Å². The minimum atomic E-state index is -3.28. The fourth-order valence-electron chi connectivity index (χ4n) is 4.39. The number of ether oxygens (including phenoxy) is 2. The molecular weight excluding hydrogens is 542 g/mol. The number of carbonyl (C=O) groups excluding carboxylic acids is 1. The summed E-state index contributed by atoms with van der Waals surface area (Å²) in [7, 11) is -3.28. The van der Waals surface area contributed by atoms with Crippen LogP contribution < -0.4 is 10.1 Å². The van der Waals surface area contributed by atoms with E-state index >= 15 is 0 Å². The van der Waals surface area contributed by atoms with Crippen molar-refractivity contribution in [3.8, 4) is 22.7 Å². The molecule has 1 amide bonds. The monoisotopic (exact) mass is 575 g/mol. The lowest BCUT2D eigenvalue weighted by Gasteiger charge is -2.30. The Balaban J connectivity index is 1.39. The number of benzene rings is 1. The maximum atomic E-state index is 12.1. The lowest BCUT2D eigenvalue weighted by Crippen LogP contribution is -2.41. The van der Waals surface area contributed by atoms with Gasteiger partial charge in [0.2, 0.25) is 0 Å². The van der Waals surface area contributed by atoms with E-state index in [4.69, 9.17) is 21.1 Å². The fraction of sp³-hybridized carbons (Fsp3) is 0.481. The molecular formula is C27H34ClN5O5S. The van der Waals surface area contributed by atoms with E-state index in [9.17, 15) is 13.2 Å². The van der Waals surface area contributed by atoms with Crippen molar-refractivity contribution in [2.45, 2.75) is 69.9 Å². The third kappa shape index (κ3) is 7.48. The second kappa shape index (κ2) is 11.9. The minimum absolute atomic E-state index is 0.0416. The Labute approximate surface area is 234 Å². The van der Waals surface area contributed by atoms with E-state index in [2.05, 4.69) is 20.4 Å². The van der Waals surface area contributed by atoms with Gasteiger partial charge in [-0.3, -0.25) is 0 Å². The van der Waals surface area contributed by atoms with Crippen molar-refractivity contribution in [3.05, 3.63) is 48.1 Å². The first-order valence-electron chi connectivity index (χ1n) is 13.0. The van der Waals surface area contributed by atoms with Crippen LogP contribution in [0.1, 0.15) is 53.4 Å². The molecule has 1 aliphatic carbocycles. The van der Waals surface area contributed by atoms with Crippen molar-refractivity contribution in [2.24, 2.45) is 5.92 Å². The van der Waals surface area contributed by atoms with Gasteiger partial charge in [-0.05, 0) is 76.6 Å². The maximum Gasteiger partial charge on any atom is 0.407 e. The van der Waals surface area contributed by atoms with Gasteiger partial charge in [0.05, 0.1) is 29.1 Å². The molecule has 0 saturated heterocycles. The van der Waals surface area contributed by atoms with E-state index in [1.165, 1.54) is 6.33 Å². The lowest BCUT2D eigenvalue weighted by atomic mass is 9.86. The zero-order chi connectivity index (χ0) is 28.2. The molecule has 1 saturated carbocycles. The number of halogens is 1. The summed E-state index contributed by atoms with van der Waals surface area (Å²) in [5.41, 5.74) is 1.38. The van der Waals surface area contributed by atoms with Crippen molar-refractivity contribution < 1.29 is 22.7 Å². The topological polar surface area (TPSA) is 125 Å². The SMILES string of the molecule is CCS(=O)(=O)c1ccc(-n2cc(-c3ncnc(Cl)c3OCC3CCC(NC(=O)OC(C)(C)C)CC3)cn2)cc1.